The highest BCUT2D eigenvalue weighted by Gasteiger charge is 2.40. The molecule has 0 aliphatic carbocycles. The molecule has 318 valence electrons. The smallest absolute Gasteiger partial charge is 0.418 e. The lowest BCUT2D eigenvalue weighted by Gasteiger charge is -2.44. The van der Waals surface area contributed by atoms with Crippen LogP contribution in [0.4, 0.5) is 34.1 Å². The van der Waals surface area contributed by atoms with Gasteiger partial charge in [-0.1, -0.05) is 36.2 Å². The summed E-state index contributed by atoms with van der Waals surface area (Å²) in [6, 6.07) is 9.09. The Balaban J connectivity index is 1.11. The average Bonchev–Trinajstić information content (AvgIpc) is 3.37. The number of nitrogens with one attached hydrogen (secondary N) is 1. The Kier molecular flexibility index (Phi) is 14.9. The first-order chi connectivity index (χ1) is 27.7. The first-order valence-electron chi connectivity index (χ1n) is 20.0. The number of benzene rings is 2. The second-order valence-electron chi connectivity index (χ2n) is 15.5. The molecule has 3 fully saturated rings. The van der Waals surface area contributed by atoms with Gasteiger partial charge in [-0.05, 0) is 94.3 Å². The van der Waals surface area contributed by atoms with Crippen LogP contribution in [0.2, 0.25) is 5.02 Å². The number of piperidine rings is 3. The van der Waals surface area contributed by atoms with Crippen LogP contribution in [0.5, 0.6) is 0 Å². The fourth-order valence-electron chi connectivity index (χ4n) is 8.53. The van der Waals surface area contributed by atoms with Crippen LogP contribution in [0.3, 0.4) is 0 Å². The first kappa shape index (κ1) is 44.0. The summed E-state index contributed by atoms with van der Waals surface area (Å²) < 4.78 is 55.4. The van der Waals surface area contributed by atoms with E-state index in [1.807, 2.05) is 34.4 Å². The van der Waals surface area contributed by atoms with Gasteiger partial charge in [-0.3, -0.25) is 17.6 Å². The van der Waals surface area contributed by atoms with Gasteiger partial charge in [0.1, 0.15) is 6.04 Å². The van der Waals surface area contributed by atoms with Crippen molar-refractivity contribution in [3.63, 3.8) is 0 Å². The summed E-state index contributed by atoms with van der Waals surface area (Å²) in [6.07, 6.45) is -1.31. The highest BCUT2D eigenvalue weighted by molar-refractivity contribution is 14.1. The molecule has 4 aliphatic heterocycles. The number of carbonyl (C=O) groups is 4. The van der Waals surface area contributed by atoms with Crippen molar-refractivity contribution >= 4 is 69.8 Å². The van der Waals surface area contributed by atoms with Crippen molar-refractivity contribution < 1.29 is 41.8 Å². The molecule has 2 aromatic carbocycles. The Hall–Kier alpha value is -3.55. The minimum atomic E-state index is -4.80. The first-order valence-corrected chi connectivity index (χ1v) is 21.4. The predicted octanol–water partition coefficient (Wildman–Crippen LogP) is 6.60. The molecule has 0 spiro atoms. The van der Waals surface area contributed by atoms with E-state index >= 15 is 0 Å². The topological polar surface area (TPSA) is 141 Å². The number of rotatable bonds is 11. The Labute approximate surface area is 356 Å². The number of nitrogens with zero attached hydrogens (tertiary/aromatic N) is 5. The molecule has 0 bridgehead atoms. The number of hydrogen-bond acceptors (Lipinski definition) is 9. The van der Waals surface area contributed by atoms with Crippen molar-refractivity contribution in [3.8, 4) is 0 Å². The molecule has 0 unspecified atom stereocenters. The highest BCUT2D eigenvalue weighted by atomic mass is 127. The third kappa shape index (κ3) is 11.0. The van der Waals surface area contributed by atoms with E-state index in [9.17, 15) is 32.3 Å². The summed E-state index contributed by atoms with van der Waals surface area (Å²) in [4.78, 5) is 61.3. The molecular weight excluding hydrogens is 894 g/mol. The maximum atomic E-state index is 14.2. The Morgan fingerprint density at radius 2 is 1.67 bits per heavy atom. The van der Waals surface area contributed by atoms with Crippen LogP contribution in [0.15, 0.2) is 36.4 Å². The molecule has 13 nitrogen and oxygen atoms in total. The predicted molar refractivity (Wildman–Crippen MR) is 221 cm³/mol. The van der Waals surface area contributed by atoms with Crippen molar-refractivity contribution in [1.82, 2.24) is 22.7 Å². The minimum absolute atomic E-state index is 0.0235. The van der Waals surface area contributed by atoms with Gasteiger partial charge in [0.25, 0.3) is 5.91 Å². The van der Waals surface area contributed by atoms with Crippen molar-refractivity contribution in [1.29, 1.82) is 0 Å². The summed E-state index contributed by atoms with van der Waals surface area (Å²) in [7, 11) is 1.95. The lowest BCUT2D eigenvalue weighted by molar-refractivity contribution is -0.154. The Morgan fingerprint density at radius 3 is 2.38 bits per heavy atom. The second kappa shape index (κ2) is 19.7. The standard InChI is InChI=1S/C40H52ClF3IN7O6/c1-48(45)15-6-22-57-37(54)33-9-4-5-16-51(33)28-11-17-49(18-12-28)36(53)34(25-26-23-30(40(42,43)44)35(46)31(41)24-26)58-39(56)50-19-13-29(14-20-50)52-21-10-27-7-2-3-8-32(27)47-38(52)55/h2-3,7-8,23-24,28-29,33-34H,4-6,9-22,25,46H2,1H3,(H,47,55)/t33-,34+/m0/s1. The van der Waals surface area contributed by atoms with Crippen LogP contribution in [-0.2, 0) is 38.1 Å². The van der Waals surface area contributed by atoms with E-state index in [2.05, 4.69) is 33.1 Å². The molecule has 4 aliphatic rings. The summed E-state index contributed by atoms with van der Waals surface area (Å²) in [6.45, 7) is 3.53. The van der Waals surface area contributed by atoms with Gasteiger partial charge in [0.05, 0.1) is 22.9 Å². The molecule has 0 aromatic heterocycles. The lowest BCUT2D eigenvalue weighted by atomic mass is 9.94. The van der Waals surface area contributed by atoms with E-state index in [-0.39, 0.29) is 60.2 Å². The summed E-state index contributed by atoms with van der Waals surface area (Å²) >= 11 is 8.34. The van der Waals surface area contributed by atoms with Crippen LogP contribution >= 0.6 is 34.5 Å². The number of carbonyl (C=O) groups excluding carboxylic acids is 4. The number of likely N-dealkylation sites (tertiary alicyclic amines) is 3. The van der Waals surface area contributed by atoms with Gasteiger partial charge in [-0.25, -0.2) is 9.59 Å². The Bertz CT molecular complexity index is 1790. The molecule has 4 amide bonds. The molecule has 2 aromatic rings. The van der Waals surface area contributed by atoms with E-state index in [0.717, 1.165) is 49.7 Å². The van der Waals surface area contributed by atoms with Crippen molar-refractivity contribution in [2.45, 2.75) is 94.6 Å². The molecule has 3 saturated heterocycles. The number of hydrogen-bond donors (Lipinski definition) is 2. The number of para-hydroxylation sites is 1. The van der Waals surface area contributed by atoms with Gasteiger partial charge in [0.2, 0.25) is 0 Å². The van der Waals surface area contributed by atoms with Crippen molar-refractivity contribution in [2.24, 2.45) is 0 Å². The van der Waals surface area contributed by atoms with Gasteiger partial charge in [0, 0.05) is 86.3 Å². The van der Waals surface area contributed by atoms with E-state index in [0.29, 0.717) is 64.8 Å². The number of esters is 1. The molecule has 3 N–H and O–H groups in total. The summed E-state index contributed by atoms with van der Waals surface area (Å²) in [5.41, 5.74) is 5.79. The minimum Gasteiger partial charge on any atom is -0.464 e. The van der Waals surface area contributed by atoms with Crippen LogP contribution in [0.1, 0.15) is 68.1 Å². The molecule has 58 heavy (non-hydrogen) atoms. The zero-order valence-corrected chi connectivity index (χ0v) is 35.6. The van der Waals surface area contributed by atoms with Crippen LogP contribution < -0.4 is 11.1 Å². The van der Waals surface area contributed by atoms with Crippen LogP contribution in [0.25, 0.3) is 0 Å². The van der Waals surface area contributed by atoms with Gasteiger partial charge >= 0.3 is 24.3 Å². The second-order valence-corrected chi connectivity index (χ2v) is 17.6. The van der Waals surface area contributed by atoms with E-state index in [1.165, 1.54) is 11.0 Å². The zero-order valence-electron chi connectivity index (χ0n) is 32.7. The zero-order chi connectivity index (χ0) is 41.6. The quantitative estimate of drug-likeness (QED) is 0.0839. The van der Waals surface area contributed by atoms with Gasteiger partial charge in [0.15, 0.2) is 6.10 Å². The number of alkyl halides is 3. The largest absolute Gasteiger partial charge is 0.464 e. The van der Waals surface area contributed by atoms with Crippen LogP contribution in [0, 0.1) is 0 Å². The van der Waals surface area contributed by atoms with Gasteiger partial charge in [-0.2, -0.15) is 13.2 Å². The number of fused-ring (bicyclic) bond motifs is 1. The molecule has 6 rings (SSSR count). The number of halogens is 5. The number of nitrogens with two attached hydrogens (primary N) is 1. The Morgan fingerprint density at radius 1 is 0.983 bits per heavy atom. The molecule has 2 atom stereocenters. The van der Waals surface area contributed by atoms with E-state index in [1.54, 1.807) is 9.80 Å². The molecular formula is C40H52ClF3IN7O6. The number of urea groups is 1. The van der Waals surface area contributed by atoms with E-state index < -0.39 is 35.5 Å². The average molecular weight is 946 g/mol. The van der Waals surface area contributed by atoms with Crippen molar-refractivity contribution in [2.75, 3.05) is 70.5 Å². The number of amides is 4. The number of ether oxygens (including phenoxy) is 2. The fraction of sp³-hybridized carbons (Fsp3) is 0.600. The summed E-state index contributed by atoms with van der Waals surface area (Å²) in [5.74, 6) is -0.759. The molecule has 4 heterocycles. The highest BCUT2D eigenvalue weighted by Crippen LogP contribution is 2.38. The maximum absolute atomic E-state index is 14.2. The number of anilines is 2. The normalized spacial score (nSPS) is 20.6. The molecule has 0 radical (unpaired) electrons. The van der Waals surface area contributed by atoms with Crippen molar-refractivity contribution in [3.05, 3.63) is 58.1 Å². The van der Waals surface area contributed by atoms with Crippen LogP contribution in [-0.4, -0.2) is 130 Å². The van der Waals surface area contributed by atoms with Gasteiger partial charge < -0.3 is 35.2 Å². The third-order valence-corrected chi connectivity index (χ3v) is 12.5. The third-order valence-electron chi connectivity index (χ3n) is 11.7. The number of nitrogen functional groups attached to an aromatic ring is 1. The molecule has 18 heteroatoms. The molecule has 0 saturated carbocycles. The van der Waals surface area contributed by atoms with E-state index in [4.69, 9.17) is 26.8 Å². The monoisotopic (exact) mass is 945 g/mol. The maximum Gasteiger partial charge on any atom is 0.418 e. The van der Waals surface area contributed by atoms with Gasteiger partial charge in [-0.15, -0.1) is 0 Å². The summed E-state index contributed by atoms with van der Waals surface area (Å²) in [5, 5.41) is 2.66. The lowest BCUT2D eigenvalue weighted by Crippen LogP contribution is -2.56. The fourth-order valence-corrected chi connectivity index (χ4v) is 9.11. The SMILES string of the molecule is CN(I)CCCOC(=O)[C@@H]1CCCCN1C1CCN(C(=O)[C@@H](Cc2cc(Cl)c(N)c(C(F)(F)F)c2)OC(=O)N2CCC(N3CCc4ccccc4NC3=O)CC2)CC1.